The maximum Gasteiger partial charge on any atom is 0.0988 e. The van der Waals surface area contributed by atoms with Crippen molar-refractivity contribution in [2.45, 2.75) is 31.7 Å². The Morgan fingerprint density at radius 3 is 2.92 bits per heavy atom. The summed E-state index contributed by atoms with van der Waals surface area (Å²) in [5.74, 6) is 0. The van der Waals surface area contributed by atoms with Gasteiger partial charge in [-0.2, -0.15) is 5.26 Å². The van der Waals surface area contributed by atoms with Crippen LogP contribution in [0.2, 0.25) is 0 Å². The molecule has 0 aromatic heterocycles. The van der Waals surface area contributed by atoms with Crippen LogP contribution in [0.4, 0.5) is 0 Å². The van der Waals surface area contributed by atoms with Gasteiger partial charge in [0.25, 0.3) is 0 Å². The second kappa shape index (κ2) is 5.89. The Bertz CT molecular complexity index is 820. The molecule has 0 radical (unpaired) electrons. The number of nitriles is 1. The highest BCUT2D eigenvalue weighted by Gasteiger charge is 2.49. The van der Waals surface area contributed by atoms with E-state index in [2.05, 4.69) is 54.3 Å². The average Bonchev–Trinajstić information content (AvgIpc) is 3.00. The summed E-state index contributed by atoms with van der Waals surface area (Å²) in [6.45, 7) is 4.25. The SMILES string of the molecule is CC1=C2CCN(CCc3ccccc3)C23CC=C(C#N)C=C3N=C1. The Labute approximate surface area is 143 Å². The summed E-state index contributed by atoms with van der Waals surface area (Å²) in [5.41, 5.74) is 5.83. The molecule has 0 bridgehead atoms. The zero-order chi connectivity index (χ0) is 16.6. The maximum atomic E-state index is 9.25. The monoisotopic (exact) mass is 315 g/mol. The van der Waals surface area contributed by atoms with Gasteiger partial charge in [-0.25, -0.2) is 0 Å². The molecule has 1 spiro atoms. The summed E-state index contributed by atoms with van der Waals surface area (Å²) in [6.07, 6.45) is 9.03. The van der Waals surface area contributed by atoms with Crippen molar-refractivity contribution in [2.75, 3.05) is 13.1 Å². The minimum atomic E-state index is -0.117. The molecule has 2 heterocycles. The standard InChI is InChI=1S/C21H21N3/c1-16-15-23-20-13-18(14-22)7-10-21(20)19(16)9-12-24(21)11-8-17-5-3-2-4-6-17/h2-7,13,15H,8-12H2,1H3. The molecule has 2 aliphatic heterocycles. The summed E-state index contributed by atoms with van der Waals surface area (Å²) in [6, 6.07) is 12.9. The number of likely N-dealkylation sites (tertiary alicyclic amines) is 1. The lowest BCUT2D eigenvalue weighted by molar-refractivity contribution is 0.195. The first-order valence-corrected chi connectivity index (χ1v) is 8.60. The lowest BCUT2D eigenvalue weighted by Gasteiger charge is -2.43. The van der Waals surface area contributed by atoms with E-state index in [1.807, 2.05) is 12.3 Å². The lowest BCUT2D eigenvalue weighted by Crippen LogP contribution is -2.49. The van der Waals surface area contributed by atoms with Crippen molar-refractivity contribution < 1.29 is 0 Å². The van der Waals surface area contributed by atoms with Crippen LogP contribution < -0.4 is 0 Å². The summed E-state index contributed by atoms with van der Waals surface area (Å²) in [7, 11) is 0. The zero-order valence-corrected chi connectivity index (χ0v) is 14.0. The molecule has 1 aromatic carbocycles. The van der Waals surface area contributed by atoms with Gasteiger partial charge in [-0.3, -0.25) is 9.89 Å². The smallest absolute Gasteiger partial charge is 0.0988 e. The van der Waals surface area contributed by atoms with Gasteiger partial charge in [0.05, 0.1) is 17.3 Å². The summed E-state index contributed by atoms with van der Waals surface area (Å²) in [5, 5.41) is 9.25. The molecule has 1 atom stereocenters. The molecule has 1 saturated heterocycles. The van der Waals surface area contributed by atoms with E-state index in [4.69, 9.17) is 4.99 Å². The van der Waals surface area contributed by atoms with Crippen LogP contribution in [0.1, 0.15) is 25.3 Å². The van der Waals surface area contributed by atoms with Crippen LogP contribution in [0.15, 0.2) is 69.9 Å². The molecular weight excluding hydrogens is 294 g/mol. The number of aliphatic imine (C=N–C) groups is 1. The molecule has 1 aliphatic carbocycles. The molecule has 1 fully saturated rings. The molecule has 0 N–H and O–H groups in total. The maximum absolute atomic E-state index is 9.25. The van der Waals surface area contributed by atoms with Gasteiger partial charge in [0.1, 0.15) is 0 Å². The minimum Gasteiger partial charge on any atom is -0.288 e. The molecule has 3 nitrogen and oxygen atoms in total. The Hall–Kier alpha value is -2.44. The first kappa shape index (κ1) is 15.1. The molecule has 24 heavy (non-hydrogen) atoms. The minimum absolute atomic E-state index is 0.117. The fourth-order valence-electron chi connectivity index (χ4n) is 4.29. The summed E-state index contributed by atoms with van der Waals surface area (Å²) < 4.78 is 0. The van der Waals surface area contributed by atoms with Gasteiger partial charge < -0.3 is 0 Å². The van der Waals surface area contributed by atoms with Crippen molar-refractivity contribution in [3.63, 3.8) is 0 Å². The van der Waals surface area contributed by atoms with Gasteiger partial charge in [0, 0.05) is 24.9 Å². The Morgan fingerprint density at radius 2 is 2.12 bits per heavy atom. The number of allylic oxidation sites excluding steroid dienone is 3. The fraction of sp³-hybridized carbons (Fsp3) is 0.333. The van der Waals surface area contributed by atoms with E-state index in [-0.39, 0.29) is 5.54 Å². The number of nitrogens with zero attached hydrogens (tertiary/aromatic N) is 3. The van der Waals surface area contributed by atoms with E-state index in [0.717, 1.165) is 43.6 Å². The number of dihydropyridines is 1. The van der Waals surface area contributed by atoms with E-state index < -0.39 is 0 Å². The average molecular weight is 315 g/mol. The van der Waals surface area contributed by atoms with Crippen LogP contribution in [0.5, 0.6) is 0 Å². The van der Waals surface area contributed by atoms with Gasteiger partial charge in [0.15, 0.2) is 0 Å². The van der Waals surface area contributed by atoms with Crippen LogP contribution in [0, 0.1) is 11.3 Å². The van der Waals surface area contributed by atoms with Crippen LogP contribution in [-0.2, 0) is 6.42 Å². The van der Waals surface area contributed by atoms with E-state index in [9.17, 15) is 5.26 Å². The predicted molar refractivity (Wildman–Crippen MR) is 96.7 cm³/mol. The van der Waals surface area contributed by atoms with Crippen LogP contribution >= 0.6 is 0 Å². The first-order valence-electron chi connectivity index (χ1n) is 8.60. The van der Waals surface area contributed by atoms with Crippen molar-refractivity contribution in [1.29, 1.82) is 5.26 Å². The van der Waals surface area contributed by atoms with Gasteiger partial charge in [-0.1, -0.05) is 36.4 Å². The Balaban J connectivity index is 1.66. The van der Waals surface area contributed by atoms with Crippen LogP contribution in [0.3, 0.4) is 0 Å². The lowest BCUT2D eigenvalue weighted by atomic mass is 9.76. The topological polar surface area (TPSA) is 39.4 Å². The zero-order valence-electron chi connectivity index (χ0n) is 14.0. The molecule has 0 amide bonds. The van der Waals surface area contributed by atoms with E-state index in [1.165, 1.54) is 16.7 Å². The van der Waals surface area contributed by atoms with Crippen molar-refractivity contribution in [3.05, 3.63) is 70.5 Å². The predicted octanol–water partition coefficient (Wildman–Crippen LogP) is 3.81. The summed E-state index contributed by atoms with van der Waals surface area (Å²) in [4.78, 5) is 7.29. The third-order valence-corrected chi connectivity index (χ3v) is 5.52. The third kappa shape index (κ3) is 2.26. The third-order valence-electron chi connectivity index (χ3n) is 5.52. The van der Waals surface area contributed by atoms with E-state index in [0.29, 0.717) is 0 Å². The molecule has 1 unspecified atom stereocenters. The second-order valence-electron chi connectivity index (χ2n) is 6.76. The second-order valence-corrected chi connectivity index (χ2v) is 6.76. The molecule has 3 heteroatoms. The summed E-state index contributed by atoms with van der Waals surface area (Å²) >= 11 is 0. The van der Waals surface area contributed by atoms with Crippen molar-refractivity contribution in [1.82, 2.24) is 4.90 Å². The van der Waals surface area contributed by atoms with Crippen LogP contribution in [0.25, 0.3) is 0 Å². The normalized spacial score (nSPS) is 25.7. The molecule has 0 saturated carbocycles. The highest BCUT2D eigenvalue weighted by Crippen LogP contribution is 2.48. The molecule has 3 aliphatic rings. The highest BCUT2D eigenvalue weighted by molar-refractivity contribution is 5.84. The van der Waals surface area contributed by atoms with Crippen molar-refractivity contribution in [3.8, 4) is 6.07 Å². The van der Waals surface area contributed by atoms with E-state index >= 15 is 0 Å². The van der Waals surface area contributed by atoms with Crippen molar-refractivity contribution >= 4 is 6.21 Å². The van der Waals surface area contributed by atoms with Gasteiger partial charge >= 0.3 is 0 Å². The molecule has 4 rings (SSSR count). The quantitative estimate of drug-likeness (QED) is 0.851. The van der Waals surface area contributed by atoms with Crippen molar-refractivity contribution in [2.24, 2.45) is 4.99 Å². The number of hydrogen-bond acceptors (Lipinski definition) is 3. The van der Waals surface area contributed by atoms with Gasteiger partial charge in [-0.15, -0.1) is 0 Å². The first-order chi connectivity index (χ1) is 11.7. The Morgan fingerprint density at radius 1 is 1.29 bits per heavy atom. The number of benzene rings is 1. The highest BCUT2D eigenvalue weighted by atomic mass is 15.2. The fourth-order valence-corrected chi connectivity index (χ4v) is 4.29. The number of hydrogen-bond donors (Lipinski definition) is 0. The number of rotatable bonds is 3. The molecular formula is C21H21N3. The van der Waals surface area contributed by atoms with E-state index in [1.54, 1.807) is 0 Å². The molecule has 1 aromatic rings. The largest absolute Gasteiger partial charge is 0.288 e. The van der Waals surface area contributed by atoms with Crippen LogP contribution in [-0.4, -0.2) is 29.7 Å². The van der Waals surface area contributed by atoms with Gasteiger partial charge in [0.2, 0.25) is 0 Å². The molecule has 120 valence electrons. The van der Waals surface area contributed by atoms with Gasteiger partial charge in [-0.05, 0) is 49.0 Å². The Kier molecular flexibility index (Phi) is 3.70.